The van der Waals surface area contributed by atoms with E-state index in [-0.39, 0.29) is 60.0 Å². The van der Waals surface area contributed by atoms with Crippen molar-refractivity contribution < 1.29 is 59.2 Å². The van der Waals surface area contributed by atoms with Gasteiger partial charge in [-0.1, -0.05) is 19.1 Å². The highest BCUT2D eigenvalue weighted by molar-refractivity contribution is 6.31. The normalized spacial score (nSPS) is 35.6. The van der Waals surface area contributed by atoms with Crippen molar-refractivity contribution in [3.63, 3.8) is 0 Å². The monoisotopic (exact) mass is 700 g/mol. The number of likely N-dealkylation sites (N-methyl/N-ethyl adjacent to an activating group) is 2. The van der Waals surface area contributed by atoms with Gasteiger partial charge in [0.1, 0.15) is 23.4 Å². The molecule has 0 spiro atoms. The summed E-state index contributed by atoms with van der Waals surface area (Å²) in [7, 11) is 7.25. The number of phenols is 3. The number of nitrogens with zero attached hydrogens (tertiary/aromatic N) is 2. The zero-order chi connectivity index (χ0) is 36.6. The molecule has 2 aliphatic heterocycles. The van der Waals surface area contributed by atoms with Gasteiger partial charge in [0.2, 0.25) is 5.78 Å². The lowest BCUT2D eigenvalue weighted by atomic mass is 9.70. The summed E-state index contributed by atoms with van der Waals surface area (Å²) in [6.45, 7) is 5.12. The van der Waals surface area contributed by atoms with E-state index < -0.39 is 94.7 Å². The third kappa shape index (κ3) is 5.90. The highest BCUT2D eigenvalue weighted by Gasteiger charge is 2.54. The van der Waals surface area contributed by atoms with Crippen molar-refractivity contribution >= 4 is 11.6 Å². The van der Waals surface area contributed by atoms with E-state index in [9.17, 15) is 40.2 Å². The Hall–Kier alpha value is -3.18. The standard InChI is InChI=1S/C36H48N2O12/c1-8-36(46)14-21(49-22-12-18(37(4)5)29(40)15(2)47-22)25-28(35(36)50-23-13-19(38(6)7)30(41)16(3)48-23)34(45)26-27(33(25)44)32(43)24-17(31(26)42)10-9-11-20(24)39/h9-11,15-16,18-19,21-23,29-30,35,39-41,44-46H,8,12-14H2,1-7H3/t15-,16-,18+,19-,21-,22+,23+,29+,30-,35-,36-/m1/s1. The van der Waals surface area contributed by atoms with Crippen molar-refractivity contribution in [1.82, 2.24) is 9.80 Å². The molecule has 0 bridgehead atoms. The molecule has 0 aromatic heterocycles. The molecule has 2 saturated heterocycles. The van der Waals surface area contributed by atoms with Crippen LogP contribution in [0.15, 0.2) is 18.2 Å². The first-order chi connectivity index (χ1) is 23.5. The van der Waals surface area contributed by atoms with Crippen LogP contribution in [0, 0.1) is 0 Å². The van der Waals surface area contributed by atoms with Crippen LogP contribution in [0.4, 0.5) is 0 Å². The van der Waals surface area contributed by atoms with Crippen LogP contribution >= 0.6 is 0 Å². The summed E-state index contributed by atoms with van der Waals surface area (Å²) < 4.78 is 25.1. The molecular formula is C36H48N2O12. The van der Waals surface area contributed by atoms with Crippen molar-refractivity contribution in [2.24, 2.45) is 0 Å². The number of rotatable bonds is 7. The smallest absolute Gasteiger partial charge is 0.202 e. The molecular weight excluding hydrogens is 652 g/mol. The lowest BCUT2D eigenvalue weighted by molar-refractivity contribution is -0.289. The maximum atomic E-state index is 14.0. The molecule has 2 fully saturated rings. The first kappa shape index (κ1) is 36.6. The zero-order valence-corrected chi connectivity index (χ0v) is 29.4. The van der Waals surface area contributed by atoms with E-state index in [1.807, 2.05) is 38.0 Å². The topological polar surface area (TPSA) is 199 Å². The summed E-state index contributed by atoms with van der Waals surface area (Å²) in [6, 6.07) is 3.25. The quantitative estimate of drug-likeness (QED) is 0.196. The van der Waals surface area contributed by atoms with Gasteiger partial charge in [-0.25, -0.2) is 0 Å². The molecule has 6 N–H and O–H groups in total. The Kier molecular flexibility index (Phi) is 9.82. The number of aliphatic hydroxyl groups excluding tert-OH is 2. The molecule has 0 unspecified atom stereocenters. The van der Waals surface area contributed by atoms with E-state index in [0.29, 0.717) is 0 Å². The van der Waals surface area contributed by atoms with Gasteiger partial charge in [-0.05, 0) is 54.5 Å². The van der Waals surface area contributed by atoms with Crippen LogP contribution in [0.25, 0.3) is 0 Å². The molecule has 11 atom stereocenters. The second-order valence-corrected chi connectivity index (χ2v) is 14.5. The molecule has 14 heteroatoms. The maximum absolute atomic E-state index is 14.0. The van der Waals surface area contributed by atoms with Crippen LogP contribution in [0.5, 0.6) is 17.2 Å². The molecule has 14 nitrogen and oxygen atoms in total. The fourth-order valence-electron chi connectivity index (χ4n) is 8.05. The highest BCUT2D eigenvalue weighted by atomic mass is 16.7. The molecule has 0 amide bonds. The fourth-order valence-corrected chi connectivity index (χ4v) is 8.05. The van der Waals surface area contributed by atoms with E-state index in [1.165, 1.54) is 18.2 Å². The van der Waals surface area contributed by atoms with Gasteiger partial charge in [-0.15, -0.1) is 0 Å². The summed E-state index contributed by atoms with van der Waals surface area (Å²) in [4.78, 5) is 31.6. The molecule has 2 heterocycles. The fraction of sp³-hybridized carbons (Fsp3) is 0.611. The van der Waals surface area contributed by atoms with Crippen LogP contribution in [-0.4, -0.2) is 135 Å². The van der Waals surface area contributed by atoms with E-state index in [2.05, 4.69) is 0 Å². The number of hydrogen-bond donors (Lipinski definition) is 6. The molecule has 50 heavy (non-hydrogen) atoms. The minimum atomic E-state index is -1.77. The Morgan fingerprint density at radius 2 is 1.32 bits per heavy atom. The Labute approximate surface area is 290 Å². The van der Waals surface area contributed by atoms with Gasteiger partial charge < -0.3 is 59.4 Å². The second kappa shape index (κ2) is 13.4. The van der Waals surface area contributed by atoms with Crippen LogP contribution in [0.1, 0.15) is 102 Å². The number of phenolic OH excluding ortho intramolecular Hbond substituents is 3. The SMILES string of the molecule is CC[C@@]1(O)C[C@@H](O[C@H]2C[C@H](N(C)C)[C@@H](O)[C@@H](C)O2)c2c(O)c3c(c(O)c2[C@H]1O[C@H]1C[C@@H](N(C)C)[C@H](O)[C@@H](C)O1)C(=O)c1cccc(O)c1C3=O. The number of carbonyl (C=O) groups excluding carboxylic acids is 2. The van der Waals surface area contributed by atoms with Gasteiger partial charge in [-0.2, -0.15) is 0 Å². The van der Waals surface area contributed by atoms with E-state index >= 15 is 0 Å². The Morgan fingerprint density at radius 3 is 1.86 bits per heavy atom. The maximum Gasteiger partial charge on any atom is 0.202 e. The summed E-state index contributed by atoms with van der Waals surface area (Å²) in [5.41, 5.74) is -3.47. The summed E-state index contributed by atoms with van der Waals surface area (Å²) in [5.74, 6) is -3.49. The summed E-state index contributed by atoms with van der Waals surface area (Å²) in [5, 5.41) is 68.8. The molecule has 4 aliphatic rings. The van der Waals surface area contributed by atoms with Crippen molar-refractivity contribution in [3.8, 4) is 17.2 Å². The minimum absolute atomic E-state index is 0.0702. The molecule has 6 rings (SSSR count). The lowest BCUT2D eigenvalue weighted by Gasteiger charge is -2.48. The molecule has 2 aromatic carbocycles. The molecule has 274 valence electrons. The predicted molar refractivity (Wildman–Crippen MR) is 177 cm³/mol. The first-order valence-electron chi connectivity index (χ1n) is 17.1. The zero-order valence-electron chi connectivity index (χ0n) is 29.4. The van der Waals surface area contributed by atoms with Crippen molar-refractivity contribution in [3.05, 3.63) is 51.6 Å². The van der Waals surface area contributed by atoms with Gasteiger partial charge >= 0.3 is 0 Å². The van der Waals surface area contributed by atoms with E-state index in [1.54, 1.807) is 20.8 Å². The molecule has 2 aliphatic carbocycles. The van der Waals surface area contributed by atoms with E-state index in [4.69, 9.17) is 18.9 Å². The second-order valence-electron chi connectivity index (χ2n) is 14.5. The average Bonchev–Trinajstić information content (AvgIpc) is 3.05. The first-order valence-corrected chi connectivity index (χ1v) is 17.1. The number of ketones is 2. The van der Waals surface area contributed by atoms with E-state index in [0.717, 1.165) is 0 Å². The van der Waals surface area contributed by atoms with Crippen LogP contribution in [-0.2, 0) is 18.9 Å². The highest BCUT2D eigenvalue weighted by Crippen LogP contribution is 2.58. The number of ether oxygens (including phenoxy) is 4. The third-order valence-corrected chi connectivity index (χ3v) is 11.0. The third-order valence-electron chi connectivity index (χ3n) is 11.0. The molecule has 0 radical (unpaired) electrons. The van der Waals surface area contributed by atoms with Crippen LogP contribution < -0.4 is 0 Å². The number of aliphatic hydroxyl groups is 3. The average molecular weight is 701 g/mol. The Bertz CT molecular complexity index is 1660. The van der Waals surface area contributed by atoms with Gasteiger partial charge in [0, 0.05) is 48.0 Å². The summed E-state index contributed by atoms with van der Waals surface area (Å²) in [6.07, 6.45) is -7.20. The van der Waals surface area contributed by atoms with Crippen molar-refractivity contribution in [2.75, 3.05) is 28.2 Å². The van der Waals surface area contributed by atoms with Gasteiger partial charge in [0.15, 0.2) is 18.4 Å². The number of aromatic hydroxyl groups is 3. The largest absolute Gasteiger partial charge is 0.507 e. The van der Waals surface area contributed by atoms with Gasteiger partial charge in [-0.3, -0.25) is 9.59 Å². The Morgan fingerprint density at radius 1 is 0.800 bits per heavy atom. The molecule has 2 aromatic rings. The number of carbonyl (C=O) groups is 2. The number of fused-ring (bicyclic) bond motifs is 3. The number of benzene rings is 2. The summed E-state index contributed by atoms with van der Waals surface area (Å²) >= 11 is 0. The van der Waals surface area contributed by atoms with Crippen molar-refractivity contribution in [1.29, 1.82) is 0 Å². The van der Waals surface area contributed by atoms with Gasteiger partial charge in [0.05, 0.1) is 52.8 Å². The minimum Gasteiger partial charge on any atom is -0.507 e. The number of hydrogen-bond acceptors (Lipinski definition) is 14. The van der Waals surface area contributed by atoms with Crippen molar-refractivity contribution in [2.45, 2.75) is 113 Å². The lowest BCUT2D eigenvalue weighted by Crippen LogP contribution is -2.55. The predicted octanol–water partition coefficient (Wildman–Crippen LogP) is 2.09. The van der Waals surface area contributed by atoms with Gasteiger partial charge in [0.25, 0.3) is 0 Å². The van der Waals surface area contributed by atoms with Crippen LogP contribution in [0.2, 0.25) is 0 Å². The van der Waals surface area contributed by atoms with Crippen LogP contribution in [0.3, 0.4) is 0 Å². The Balaban J connectivity index is 1.52. The molecule has 0 saturated carbocycles.